The Bertz CT molecular complexity index is 827. The van der Waals surface area contributed by atoms with Gasteiger partial charge in [-0.25, -0.2) is 13.1 Å². The number of nitrogens with zero attached hydrogens (tertiary/aromatic N) is 1. The van der Waals surface area contributed by atoms with Gasteiger partial charge in [-0.05, 0) is 79.0 Å². The normalized spacial score (nSPS) is 17.4. The topological polar surface area (TPSA) is 58.6 Å². The van der Waals surface area contributed by atoms with Gasteiger partial charge >= 0.3 is 0 Å². The Labute approximate surface area is 166 Å². The second-order valence-corrected chi connectivity index (χ2v) is 9.52. The fourth-order valence-corrected chi connectivity index (χ4v) is 5.62. The second-order valence-electron chi connectivity index (χ2n) is 7.01. The molecule has 1 aliphatic heterocycles. The van der Waals surface area contributed by atoms with Gasteiger partial charge in [0.15, 0.2) is 0 Å². The van der Waals surface area contributed by atoms with Crippen molar-refractivity contribution in [3.8, 4) is 5.75 Å². The molecule has 148 valence electrons. The quantitative estimate of drug-likeness (QED) is 0.753. The number of hydrogen-bond acceptors (Lipinski definition) is 5. The number of rotatable bonds is 7. The van der Waals surface area contributed by atoms with E-state index < -0.39 is 10.0 Å². The van der Waals surface area contributed by atoms with Crippen LogP contribution in [-0.4, -0.2) is 40.1 Å². The summed E-state index contributed by atoms with van der Waals surface area (Å²) in [6, 6.07) is 7.23. The highest BCUT2D eigenvalue weighted by molar-refractivity contribution is 7.89. The highest BCUT2D eigenvalue weighted by atomic mass is 32.2. The van der Waals surface area contributed by atoms with E-state index in [0.717, 1.165) is 13.1 Å². The molecular formula is C20H28N2O3S2. The Kier molecular flexibility index (Phi) is 6.92. The van der Waals surface area contributed by atoms with Crippen LogP contribution in [0.1, 0.15) is 42.9 Å². The van der Waals surface area contributed by atoms with E-state index in [4.69, 9.17) is 4.74 Å². The van der Waals surface area contributed by atoms with Gasteiger partial charge in [0.05, 0.1) is 12.0 Å². The molecule has 0 aliphatic carbocycles. The first kappa shape index (κ1) is 20.3. The van der Waals surface area contributed by atoms with Crippen molar-refractivity contribution in [2.24, 2.45) is 0 Å². The lowest BCUT2D eigenvalue weighted by Gasteiger charge is -2.30. The molecule has 1 saturated heterocycles. The van der Waals surface area contributed by atoms with Crippen molar-refractivity contribution in [3.63, 3.8) is 0 Å². The van der Waals surface area contributed by atoms with Gasteiger partial charge in [0.2, 0.25) is 10.0 Å². The molecule has 1 N–H and O–H groups in total. The van der Waals surface area contributed by atoms with Crippen LogP contribution >= 0.6 is 11.3 Å². The van der Waals surface area contributed by atoms with Crippen molar-refractivity contribution >= 4 is 21.4 Å². The number of aryl methyl sites for hydroxylation is 1. The number of thiophene rings is 1. The molecule has 3 rings (SSSR count). The van der Waals surface area contributed by atoms with Crippen LogP contribution in [0.25, 0.3) is 0 Å². The van der Waals surface area contributed by atoms with Crippen molar-refractivity contribution < 1.29 is 13.2 Å². The largest absolute Gasteiger partial charge is 0.497 e. The minimum absolute atomic E-state index is 0.0719. The molecule has 27 heavy (non-hydrogen) atoms. The van der Waals surface area contributed by atoms with E-state index in [1.165, 1.54) is 31.2 Å². The molecule has 1 aromatic carbocycles. The number of sulfonamides is 1. The standard InChI is InChI=1S/C20H28N2O3S2/c1-16-13-18(25-2)7-8-20(16)27(23,24)21-14-19(17-9-12-26-15-17)22-10-5-3-4-6-11-22/h7-9,12-13,15,19,21H,3-6,10-11,14H2,1-2H3/t19-/m0/s1. The number of nitrogens with one attached hydrogen (secondary N) is 1. The third kappa shape index (κ3) is 5.10. The van der Waals surface area contributed by atoms with Crippen LogP contribution in [0, 0.1) is 6.92 Å². The predicted molar refractivity (Wildman–Crippen MR) is 110 cm³/mol. The van der Waals surface area contributed by atoms with E-state index in [0.29, 0.717) is 22.8 Å². The van der Waals surface area contributed by atoms with Crippen molar-refractivity contribution in [3.05, 3.63) is 46.2 Å². The Morgan fingerprint density at radius 2 is 1.93 bits per heavy atom. The Hall–Kier alpha value is -1.41. The molecule has 7 heteroatoms. The molecule has 5 nitrogen and oxygen atoms in total. The number of methoxy groups -OCH3 is 1. The molecule has 0 radical (unpaired) electrons. The van der Waals surface area contributed by atoms with Crippen molar-refractivity contribution in [2.45, 2.75) is 43.5 Å². The van der Waals surface area contributed by atoms with Gasteiger partial charge in [-0.15, -0.1) is 0 Å². The van der Waals surface area contributed by atoms with Crippen LogP contribution in [0.15, 0.2) is 39.9 Å². The van der Waals surface area contributed by atoms with Gasteiger partial charge in [-0.1, -0.05) is 12.8 Å². The zero-order valence-corrected chi connectivity index (χ0v) is 17.6. The van der Waals surface area contributed by atoms with Gasteiger partial charge in [0, 0.05) is 12.6 Å². The molecule has 2 heterocycles. The van der Waals surface area contributed by atoms with Gasteiger partial charge in [-0.3, -0.25) is 4.90 Å². The number of ether oxygens (including phenoxy) is 1. The summed E-state index contributed by atoms with van der Waals surface area (Å²) in [5.41, 5.74) is 1.87. The van der Waals surface area contributed by atoms with E-state index in [-0.39, 0.29) is 6.04 Å². The summed E-state index contributed by atoms with van der Waals surface area (Å²) in [6.07, 6.45) is 4.85. The minimum Gasteiger partial charge on any atom is -0.497 e. The zero-order chi connectivity index (χ0) is 19.3. The fraction of sp³-hybridized carbons (Fsp3) is 0.500. The van der Waals surface area contributed by atoms with Gasteiger partial charge in [-0.2, -0.15) is 11.3 Å². The monoisotopic (exact) mass is 408 g/mol. The number of benzene rings is 1. The van der Waals surface area contributed by atoms with Crippen molar-refractivity contribution in [2.75, 3.05) is 26.7 Å². The third-order valence-corrected chi connectivity index (χ3v) is 7.43. The van der Waals surface area contributed by atoms with Crippen LogP contribution in [0.2, 0.25) is 0 Å². The summed E-state index contributed by atoms with van der Waals surface area (Å²) < 4.78 is 33.9. The molecule has 1 aliphatic rings. The predicted octanol–water partition coefficient (Wildman–Crippen LogP) is 3.96. The maximum absolute atomic E-state index is 12.9. The molecule has 1 fully saturated rings. The fourth-order valence-electron chi connectivity index (χ4n) is 3.65. The van der Waals surface area contributed by atoms with Crippen molar-refractivity contribution in [1.82, 2.24) is 9.62 Å². The number of hydrogen-bond donors (Lipinski definition) is 1. The lowest BCUT2D eigenvalue weighted by molar-refractivity contribution is 0.206. The van der Waals surface area contributed by atoms with Crippen LogP contribution in [0.5, 0.6) is 5.75 Å². The van der Waals surface area contributed by atoms with E-state index in [9.17, 15) is 8.42 Å². The SMILES string of the molecule is COc1ccc(S(=O)(=O)NC[C@@H](c2ccsc2)N2CCCCCC2)c(C)c1. The Balaban J connectivity index is 1.78. The molecule has 2 aromatic rings. The summed E-state index contributed by atoms with van der Waals surface area (Å²) in [5, 5.41) is 4.19. The molecule has 0 unspecified atom stereocenters. The lowest BCUT2D eigenvalue weighted by atomic mass is 10.1. The Morgan fingerprint density at radius 1 is 1.19 bits per heavy atom. The van der Waals surface area contributed by atoms with Gasteiger partial charge in [0.25, 0.3) is 0 Å². The Morgan fingerprint density at radius 3 is 2.52 bits per heavy atom. The highest BCUT2D eigenvalue weighted by Crippen LogP contribution is 2.27. The molecule has 1 atom stereocenters. The van der Waals surface area contributed by atoms with Gasteiger partial charge in [0.1, 0.15) is 5.75 Å². The minimum atomic E-state index is -3.58. The summed E-state index contributed by atoms with van der Waals surface area (Å²) in [6.45, 7) is 4.21. The maximum atomic E-state index is 12.9. The summed E-state index contributed by atoms with van der Waals surface area (Å²) >= 11 is 1.66. The molecule has 1 aromatic heterocycles. The van der Waals surface area contributed by atoms with Crippen LogP contribution in [0.3, 0.4) is 0 Å². The smallest absolute Gasteiger partial charge is 0.240 e. The third-order valence-electron chi connectivity index (χ3n) is 5.15. The molecule has 0 amide bonds. The summed E-state index contributed by atoms with van der Waals surface area (Å²) in [4.78, 5) is 2.74. The average molecular weight is 409 g/mol. The van der Waals surface area contributed by atoms with E-state index in [1.807, 2.05) is 0 Å². The molecule has 0 saturated carbocycles. The first-order chi connectivity index (χ1) is 13.0. The lowest BCUT2D eigenvalue weighted by Crippen LogP contribution is -2.38. The highest BCUT2D eigenvalue weighted by Gasteiger charge is 2.25. The molecular weight excluding hydrogens is 380 g/mol. The van der Waals surface area contributed by atoms with Crippen LogP contribution < -0.4 is 9.46 Å². The van der Waals surface area contributed by atoms with E-state index in [1.54, 1.807) is 43.6 Å². The van der Waals surface area contributed by atoms with Gasteiger partial charge < -0.3 is 4.74 Å². The maximum Gasteiger partial charge on any atom is 0.240 e. The van der Waals surface area contributed by atoms with E-state index in [2.05, 4.69) is 26.4 Å². The first-order valence-electron chi connectivity index (χ1n) is 9.42. The average Bonchev–Trinajstić information content (AvgIpc) is 3.04. The molecule has 0 bridgehead atoms. The zero-order valence-electron chi connectivity index (χ0n) is 16.0. The summed E-state index contributed by atoms with van der Waals surface area (Å²) in [5.74, 6) is 0.659. The number of likely N-dealkylation sites (tertiary alicyclic amines) is 1. The second kappa shape index (κ2) is 9.19. The molecule has 0 spiro atoms. The van der Waals surface area contributed by atoms with E-state index >= 15 is 0 Å². The van der Waals surface area contributed by atoms with Crippen molar-refractivity contribution in [1.29, 1.82) is 0 Å². The van der Waals surface area contributed by atoms with Crippen LogP contribution in [0.4, 0.5) is 0 Å². The first-order valence-corrected chi connectivity index (χ1v) is 11.8. The van der Waals surface area contributed by atoms with Crippen LogP contribution in [-0.2, 0) is 10.0 Å². The summed E-state index contributed by atoms with van der Waals surface area (Å²) in [7, 11) is -2.00.